The Morgan fingerprint density at radius 3 is 2.57 bits per heavy atom. The molecule has 0 bridgehead atoms. The molecule has 0 aromatic heterocycles. The molecule has 4 nitrogen and oxygen atoms in total. The maximum absolute atomic E-state index is 11.9. The van der Waals surface area contributed by atoms with Gasteiger partial charge in [-0.2, -0.15) is 5.26 Å². The molecule has 112 valence electrons. The molecule has 0 heterocycles. The number of nitrogens with zero attached hydrogens (tertiary/aromatic N) is 1. The standard InChI is InChI=1S/C17H22N2O2/c1-3-4-5-6-11-19-17(20)15(13-18)12-14-7-9-16(21-2)10-8-14/h7-10,12H,3-6,11H2,1-2H3,(H,19,20)/b15-12-. The number of nitriles is 1. The number of ether oxygens (including phenoxy) is 1. The smallest absolute Gasteiger partial charge is 0.261 e. The molecule has 1 rings (SSSR count). The van der Waals surface area contributed by atoms with E-state index in [9.17, 15) is 4.79 Å². The minimum Gasteiger partial charge on any atom is -0.497 e. The Kier molecular flexibility index (Phi) is 7.67. The van der Waals surface area contributed by atoms with Crippen LogP contribution in [0.3, 0.4) is 0 Å². The molecule has 1 amide bonds. The van der Waals surface area contributed by atoms with Gasteiger partial charge in [0.1, 0.15) is 17.4 Å². The van der Waals surface area contributed by atoms with Crippen molar-refractivity contribution in [1.82, 2.24) is 5.32 Å². The largest absolute Gasteiger partial charge is 0.497 e. The molecule has 0 unspecified atom stereocenters. The van der Waals surface area contributed by atoms with Crippen molar-refractivity contribution in [2.75, 3.05) is 13.7 Å². The van der Waals surface area contributed by atoms with Crippen molar-refractivity contribution in [3.05, 3.63) is 35.4 Å². The van der Waals surface area contributed by atoms with E-state index in [4.69, 9.17) is 10.00 Å². The second kappa shape index (κ2) is 9.60. The first kappa shape index (κ1) is 16.8. The van der Waals surface area contributed by atoms with Gasteiger partial charge in [0.2, 0.25) is 0 Å². The van der Waals surface area contributed by atoms with Gasteiger partial charge in [0.05, 0.1) is 7.11 Å². The van der Waals surface area contributed by atoms with Gasteiger partial charge in [-0.15, -0.1) is 0 Å². The molecule has 0 aliphatic rings. The van der Waals surface area contributed by atoms with Crippen molar-refractivity contribution in [1.29, 1.82) is 5.26 Å². The van der Waals surface area contributed by atoms with Crippen LogP contribution >= 0.6 is 0 Å². The topological polar surface area (TPSA) is 62.1 Å². The van der Waals surface area contributed by atoms with Crippen molar-refractivity contribution in [3.8, 4) is 11.8 Å². The van der Waals surface area contributed by atoms with E-state index in [0.717, 1.165) is 30.6 Å². The molecule has 0 atom stereocenters. The van der Waals surface area contributed by atoms with E-state index in [1.807, 2.05) is 18.2 Å². The van der Waals surface area contributed by atoms with Gasteiger partial charge in [0.15, 0.2) is 0 Å². The van der Waals surface area contributed by atoms with Crippen LogP contribution in [0.2, 0.25) is 0 Å². The van der Waals surface area contributed by atoms with Crippen LogP contribution in [0.1, 0.15) is 38.2 Å². The fraction of sp³-hybridized carbons (Fsp3) is 0.412. The first-order valence-corrected chi connectivity index (χ1v) is 7.25. The fourth-order valence-electron chi connectivity index (χ4n) is 1.86. The molecule has 0 aliphatic carbocycles. The first-order valence-electron chi connectivity index (χ1n) is 7.25. The summed E-state index contributed by atoms with van der Waals surface area (Å²) in [5.41, 5.74) is 0.921. The number of methoxy groups -OCH3 is 1. The number of nitrogens with one attached hydrogen (secondary N) is 1. The highest BCUT2D eigenvalue weighted by Crippen LogP contribution is 2.14. The van der Waals surface area contributed by atoms with Gasteiger partial charge in [0.25, 0.3) is 5.91 Å². The second-order valence-corrected chi connectivity index (χ2v) is 4.76. The average Bonchev–Trinajstić information content (AvgIpc) is 2.52. The number of carbonyl (C=O) groups is 1. The lowest BCUT2D eigenvalue weighted by atomic mass is 10.1. The minimum atomic E-state index is -0.315. The van der Waals surface area contributed by atoms with Gasteiger partial charge in [-0.25, -0.2) is 0 Å². The molecule has 1 aromatic carbocycles. The third-order valence-corrected chi connectivity index (χ3v) is 3.11. The molecule has 1 aromatic rings. The van der Waals surface area contributed by atoms with Crippen molar-refractivity contribution < 1.29 is 9.53 Å². The SMILES string of the molecule is CCCCCCNC(=O)/C(C#N)=C\c1ccc(OC)cc1. The van der Waals surface area contributed by atoms with E-state index in [0.29, 0.717) is 6.54 Å². The number of carbonyl (C=O) groups excluding carboxylic acids is 1. The zero-order chi connectivity index (χ0) is 15.5. The zero-order valence-electron chi connectivity index (χ0n) is 12.7. The van der Waals surface area contributed by atoms with Gasteiger partial charge in [-0.05, 0) is 30.2 Å². The Bertz CT molecular complexity index is 513. The molecule has 1 N–H and O–H groups in total. The Morgan fingerprint density at radius 2 is 2.00 bits per heavy atom. The van der Waals surface area contributed by atoms with Crippen LogP contribution in [-0.2, 0) is 4.79 Å². The third kappa shape index (κ3) is 6.13. The first-order chi connectivity index (χ1) is 10.2. The Balaban J connectivity index is 2.57. The summed E-state index contributed by atoms with van der Waals surface area (Å²) < 4.78 is 5.07. The number of hydrogen-bond donors (Lipinski definition) is 1. The minimum absolute atomic E-state index is 0.121. The maximum atomic E-state index is 11.9. The third-order valence-electron chi connectivity index (χ3n) is 3.11. The van der Waals surface area contributed by atoms with Gasteiger partial charge < -0.3 is 10.1 Å². The monoisotopic (exact) mass is 286 g/mol. The summed E-state index contributed by atoms with van der Waals surface area (Å²) in [7, 11) is 1.59. The Morgan fingerprint density at radius 1 is 1.29 bits per heavy atom. The van der Waals surface area contributed by atoms with Gasteiger partial charge in [-0.1, -0.05) is 38.3 Å². The predicted octanol–water partition coefficient (Wildman–Crippen LogP) is 3.30. The predicted molar refractivity (Wildman–Crippen MR) is 83.7 cm³/mol. The number of benzene rings is 1. The van der Waals surface area contributed by atoms with Gasteiger partial charge >= 0.3 is 0 Å². The Hall–Kier alpha value is -2.28. The number of rotatable bonds is 8. The molecule has 0 radical (unpaired) electrons. The van der Waals surface area contributed by atoms with Crippen LogP contribution < -0.4 is 10.1 Å². The van der Waals surface area contributed by atoms with E-state index in [2.05, 4.69) is 12.2 Å². The van der Waals surface area contributed by atoms with Crippen LogP contribution in [0.4, 0.5) is 0 Å². The van der Waals surface area contributed by atoms with Crippen LogP contribution in [0, 0.1) is 11.3 Å². The molecule has 4 heteroatoms. The molecular formula is C17H22N2O2. The van der Waals surface area contributed by atoms with E-state index in [-0.39, 0.29) is 11.5 Å². The van der Waals surface area contributed by atoms with E-state index < -0.39 is 0 Å². The second-order valence-electron chi connectivity index (χ2n) is 4.76. The molecule has 0 saturated heterocycles. The van der Waals surface area contributed by atoms with Crippen molar-refractivity contribution in [2.24, 2.45) is 0 Å². The van der Waals surface area contributed by atoms with Gasteiger partial charge in [-0.3, -0.25) is 4.79 Å². The normalized spacial score (nSPS) is 10.8. The van der Waals surface area contributed by atoms with Crippen LogP contribution in [-0.4, -0.2) is 19.6 Å². The van der Waals surface area contributed by atoms with Crippen LogP contribution in [0.15, 0.2) is 29.8 Å². The highest BCUT2D eigenvalue weighted by atomic mass is 16.5. The zero-order valence-corrected chi connectivity index (χ0v) is 12.7. The lowest BCUT2D eigenvalue weighted by Gasteiger charge is -2.04. The number of unbranched alkanes of at least 4 members (excludes halogenated alkanes) is 3. The van der Waals surface area contributed by atoms with Gasteiger partial charge in [0, 0.05) is 6.54 Å². The van der Waals surface area contributed by atoms with E-state index in [1.54, 1.807) is 25.3 Å². The van der Waals surface area contributed by atoms with Crippen LogP contribution in [0.5, 0.6) is 5.75 Å². The summed E-state index contributed by atoms with van der Waals surface area (Å²) in [4.78, 5) is 11.9. The molecule has 0 saturated carbocycles. The van der Waals surface area contributed by atoms with Crippen LogP contribution in [0.25, 0.3) is 6.08 Å². The molecule has 0 fully saturated rings. The van der Waals surface area contributed by atoms with E-state index >= 15 is 0 Å². The summed E-state index contributed by atoms with van der Waals surface area (Å²) in [5, 5.41) is 11.9. The highest BCUT2D eigenvalue weighted by Gasteiger charge is 2.08. The molecule has 0 spiro atoms. The van der Waals surface area contributed by atoms with Crippen molar-refractivity contribution in [2.45, 2.75) is 32.6 Å². The average molecular weight is 286 g/mol. The number of hydrogen-bond acceptors (Lipinski definition) is 3. The highest BCUT2D eigenvalue weighted by molar-refractivity contribution is 6.01. The fourth-order valence-corrected chi connectivity index (χ4v) is 1.86. The molecular weight excluding hydrogens is 264 g/mol. The van der Waals surface area contributed by atoms with E-state index in [1.165, 1.54) is 6.42 Å². The lowest BCUT2D eigenvalue weighted by Crippen LogP contribution is -2.25. The van der Waals surface area contributed by atoms with Crippen molar-refractivity contribution in [3.63, 3.8) is 0 Å². The quantitative estimate of drug-likeness (QED) is 0.453. The maximum Gasteiger partial charge on any atom is 0.261 e. The summed E-state index contributed by atoms with van der Waals surface area (Å²) in [5.74, 6) is 0.427. The van der Waals surface area contributed by atoms with Crippen molar-refractivity contribution >= 4 is 12.0 Å². The number of amides is 1. The molecule has 0 aliphatic heterocycles. The summed E-state index contributed by atoms with van der Waals surface area (Å²) in [6, 6.07) is 9.16. The summed E-state index contributed by atoms with van der Waals surface area (Å²) >= 11 is 0. The summed E-state index contributed by atoms with van der Waals surface area (Å²) in [6.45, 7) is 2.75. The lowest BCUT2D eigenvalue weighted by molar-refractivity contribution is -0.117. The Labute approximate surface area is 126 Å². The summed E-state index contributed by atoms with van der Waals surface area (Å²) in [6.07, 6.45) is 5.96. The molecule has 21 heavy (non-hydrogen) atoms.